The number of hydrogen-bond acceptors (Lipinski definition) is 4. The molecule has 2 fully saturated rings. The molecule has 32 heavy (non-hydrogen) atoms. The third-order valence-electron chi connectivity index (χ3n) is 6.14. The van der Waals surface area contributed by atoms with E-state index in [-0.39, 0.29) is 18.6 Å². The molecule has 0 saturated carbocycles. The van der Waals surface area contributed by atoms with Gasteiger partial charge in [-0.05, 0) is 95.8 Å². The van der Waals surface area contributed by atoms with Crippen LogP contribution in [0.3, 0.4) is 0 Å². The van der Waals surface area contributed by atoms with Gasteiger partial charge in [-0.1, -0.05) is 6.92 Å². The molecule has 2 N–H and O–H groups in total. The van der Waals surface area contributed by atoms with Gasteiger partial charge in [-0.25, -0.2) is 4.99 Å². The number of nitrogens with one attached hydrogen (secondary N) is 2. The first-order valence-electron chi connectivity index (χ1n) is 12.3. The number of likely N-dealkylation sites (tertiary alicyclic amines) is 2. The first kappa shape index (κ1) is 24.4. The maximum atomic E-state index is 12.5. The van der Waals surface area contributed by atoms with Crippen molar-refractivity contribution in [3.8, 4) is 5.75 Å². The van der Waals surface area contributed by atoms with Crippen molar-refractivity contribution >= 4 is 17.6 Å². The molecule has 0 bridgehead atoms. The zero-order valence-electron chi connectivity index (χ0n) is 20.1. The average molecular weight is 444 g/mol. The van der Waals surface area contributed by atoms with Gasteiger partial charge in [-0.15, -0.1) is 0 Å². The third-order valence-corrected chi connectivity index (χ3v) is 6.14. The van der Waals surface area contributed by atoms with E-state index in [2.05, 4.69) is 27.4 Å². The molecule has 2 saturated heterocycles. The van der Waals surface area contributed by atoms with Crippen LogP contribution in [-0.2, 0) is 4.79 Å². The van der Waals surface area contributed by atoms with Crippen LogP contribution in [-0.4, -0.2) is 73.6 Å². The van der Waals surface area contributed by atoms with Crippen LogP contribution in [0.15, 0.2) is 29.3 Å². The topological polar surface area (TPSA) is 69.2 Å². The van der Waals surface area contributed by atoms with Crippen LogP contribution in [0.25, 0.3) is 0 Å². The average Bonchev–Trinajstić information content (AvgIpc) is 3.32. The molecule has 7 nitrogen and oxygen atoms in total. The maximum Gasteiger partial charge on any atom is 0.244 e. The van der Waals surface area contributed by atoms with Crippen LogP contribution >= 0.6 is 0 Å². The lowest BCUT2D eigenvalue weighted by molar-refractivity contribution is -0.128. The number of benzene rings is 1. The number of carbonyl (C=O) groups excluding carboxylic acids is 1. The van der Waals surface area contributed by atoms with Crippen molar-refractivity contribution in [1.82, 2.24) is 15.1 Å². The molecule has 3 rings (SSSR count). The Morgan fingerprint density at radius 1 is 1.12 bits per heavy atom. The monoisotopic (exact) mass is 443 g/mol. The molecule has 2 aliphatic rings. The molecule has 0 spiro atoms. The smallest absolute Gasteiger partial charge is 0.244 e. The zero-order valence-corrected chi connectivity index (χ0v) is 20.1. The first-order chi connectivity index (χ1) is 15.5. The van der Waals surface area contributed by atoms with Crippen LogP contribution in [0.2, 0.25) is 0 Å². The van der Waals surface area contributed by atoms with Crippen LogP contribution in [0.5, 0.6) is 5.75 Å². The summed E-state index contributed by atoms with van der Waals surface area (Å²) in [5.41, 5.74) is 0.922. The van der Waals surface area contributed by atoms with Gasteiger partial charge in [-0.3, -0.25) is 4.79 Å². The Hall–Kier alpha value is -2.28. The molecule has 0 radical (unpaired) electrons. The molecule has 1 amide bonds. The number of rotatable bonds is 9. The summed E-state index contributed by atoms with van der Waals surface area (Å²) in [6.07, 6.45) is 5.99. The largest absolute Gasteiger partial charge is 0.491 e. The Bertz CT molecular complexity index is 720. The highest BCUT2D eigenvalue weighted by atomic mass is 16.5. The van der Waals surface area contributed by atoms with Gasteiger partial charge < -0.3 is 25.2 Å². The van der Waals surface area contributed by atoms with Crippen LogP contribution < -0.4 is 15.4 Å². The number of hydrogen-bond donors (Lipinski definition) is 2. The third kappa shape index (κ3) is 8.34. The first-order valence-corrected chi connectivity index (χ1v) is 12.3. The van der Waals surface area contributed by atoms with Crippen molar-refractivity contribution in [2.24, 2.45) is 10.9 Å². The van der Waals surface area contributed by atoms with Crippen molar-refractivity contribution in [1.29, 1.82) is 0 Å². The lowest BCUT2D eigenvalue weighted by atomic mass is 9.99. The summed E-state index contributed by atoms with van der Waals surface area (Å²) in [4.78, 5) is 21.5. The maximum absolute atomic E-state index is 12.5. The van der Waals surface area contributed by atoms with E-state index in [1.54, 1.807) is 0 Å². The van der Waals surface area contributed by atoms with E-state index in [9.17, 15) is 4.79 Å². The van der Waals surface area contributed by atoms with Crippen molar-refractivity contribution in [3.05, 3.63) is 24.3 Å². The molecular formula is C25H41N5O2. The summed E-state index contributed by atoms with van der Waals surface area (Å²) in [5.74, 6) is 2.46. The lowest BCUT2D eigenvalue weighted by Gasteiger charge is -2.30. The second kappa shape index (κ2) is 12.7. The number of nitrogens with zero attached hydrogens (tertiary/aromatic N) is 3. The standard InChI is InChI=1S/C25H41N5O2/c1-20(2)32-23-9-7-22(8-10-23)28-25(27-19-24(31)30-15-4-5-16-30)26-13-6-14-29-17-11-21(3)12-18-29/h7-10,20-21H,4-6,11-19H2,1-3H3,(H2,26,27,28). The number of carbonyl (C=O) groups is 1. The Morgan fingerprint density at radius 3 is 2.47 bits per heavy atom. The Balaban J connectivity index is 1.52. The Morgan fingerprint density at radius 2 is 1.81 bits per heavy atom. The molecule has 0 unspecified atom stereocenters. The molecule has 2 aliphatic heterocycles. The van der Waals surface area contributed by atoms with Gasteiger partial charge in [0.15, 0.2) is 5.96 Å². The van der Waals surface area contributed by atoms with Crippen LogP contribution in [0.1, 0.15) is 52.9 Å². The SMILES string of the molecule is CC1CCN(CCCNC(=NCC(=O)N2CCCC2)Nc2ccc(OC(C)C)cc2)CC1. The normalized spacial score (nSPS) is 18.2. The Labute approximate surface area is 193 Å². The fraction of sp³-hybridized carbons (Fsp3) is 0.680. The fourth-order valence-electron chi connectivity index (χ4n) is 4.17. The number of aliphatic imine (C=N–C) groups is 1. The van der Waals surface area contributed by atoms with E-state index in [0.717, 1.165) is 62.8 Å². The molecule has 0 atom stereocenters. The molecule has 178 valence electrons. The minimum absolute atomic E-state index is 0.103. The van der Waals surface area contributed by atoms with Gasteiger partial charge >= 0.3 is 0 Å². The van der Waals surface area contributed by atoms with Crippen molar-refractivity contribution in [2.45, 2.75) is 59.0 Å². The molecule has 2 heterocycles. The summed E-state index contributed by atoms with van der Waals surface area (Å²) in [6, 6.07) is 7.86. The number of amides is 1. The van der Waals surface area contributed by atoms with Gasteiger partial charge in [0.05, 0.1) is 6.10 Å². The highest BCUT2D eigenvalue weighted by molar-refractivity contribution is 5.95. The number of guanidine groups is 1. The van der Waals surface area contributed by atoms with E-state index in [0.29, 0.717) is 5.96 Å². The number of piperidine rings is 1. The number of anilines is 1. The van der Waals surface area contributed by atoms with Gasteiger partial charge in [0.2, 0.25) is 5.91 Å². The van der Waals surface area contributed by atoms with E-state index >= 15 is 0 Å². The highest BCUT2D eigenvalue weighted by Gasteiger charge is 2.18. The van der Waals surface area contributed by atoms with Crippen molar-refractivity contribution in [3.63, 3.8) is 0 Å². The molecule has 1 aromatic carbocycles. The predicted molar refractivity (Wildman–Crippen MR) is 131 cm³/mol. The van der Waals surface area contributed by atoms with E-state index < -0.39 is 0 Å². The molecule has 0 aliphatic carbocycles. The van der Waals surface area contributed by atoms with Gasteiger partial charge in [0.25, 0.3) is 0 Å². The summed E-state index contributed by atoms with van der Waals surface area (Å²) >= 11 is 0. The van der Waals surface area contributed by atoms with E-state index in [1.165, 1.54) is 25.9 Å². The van der Waals surface area contributed by atoms with Crippen molar-refractivity contribution in [2.75, 3.05) is 51.1 Å². The number of ether oxygens (including phenoxy) is 1. The summed E-state index contributed by atoms with van der Waals surface area (Å²) < 4.78 is 5.73. The lowest BCUT2D eigenvalue weighted by Crippen LogP contribution is -2.37. The predicted octanol–water partition coefficient (Wildman–Crippen LogP) is 3.58. The Kier molecular flexibility index (Phi) is 9.65. The second-order valence-electron chi connectivity index (χ2n) is 9.37. The minimum atomic E-state index is 0.103. The summed E-state index contributed by atoms with van der Waals surface area (Å²) in [7, 11) is 0. The second-order valence-corrected chi connectivity index (χ2v) is 9.37. The van der Waals surface area contributed by atoms with E-state index in [4.69, 9.17) is 4.74 Å². The fourth-order valence-corrected chi connectivity index (χ4v) is 4.17. The molecule has 0 aromatic heterocycles. The molecule has 7 heteroatoms. The highest BCUT2D eigenvalue weighted by Crippen LogP contribution is 2.17. The molecule has 1 aromatic rings. The quantitative estimate of drug-likeness (QED) is 0.347. The van der Waals surface area contributed by atoms with Gasteiger partial charge in [0, 0.05) is 25.3 Å². The van der Waals surface area contributed by atoms with Gasteiger partial charge in [-0.2, -0.15) is 0 Å². The van der Waals surface area contributed by atoms with Crippen molar-refractivity contribution < 1.29 is 9.53 Å². The van der Waals surface area contributed by atoms with Gasteiger partial charge in [0.1, 0.15) is 12.3 Å². The van der Waals surface area contributed by atoms with Crippen LogP contribution in [0.4, 0.5) is 5.69 Å². The zero-order chi connectivity index (χ0) is 22.8. The minimum Gasteiger partial charge on any atom is -0.491 e. The summed E-state index contributed by atoms with van der Waals surface area (Å²) in [6.45, 7) is 12.6. The van der Waals surface area contributed by atoms with E-state index in [1.807, 2.05) is 43.0 Å². The summed E-state index contributed by atoms with van der Waals surface area (Å²) in [5, 5.41) is 6.77. The molecular weight excluding hydrogens is 402 g/mol. The van der Waals surface area contributed by atoms with Crippen LogP contribution in [0, 0.1) is 5.92 Å².